The molecule has 4 nitrogen and oxygen atoms in total. The molecule has 1 fully saturated rings. The Hall–Kier alpha value is -2.14. The van der Waals surface area contributed by atoms with Gasteiger partial charge in [0, 0.05) is 45.4 Å². The highest BCUT2D eigenvalue weighted by Crippen LogP contribution is 2.15. The van der Waals surface area contributed by atoms with Crippen LogP contribution in [0.3, 0.4) is 0 Å². The van der Waals surface area contributed by atoms with Gasteiger partial charge in [-0.15, -0.1) is 0 Å². The zero-order valence-electron chi connectivity index (χ0n) is 16.8. The number of piperazine rings is 1. The van der Waals surface area contributed by atoms with Gasteiger partial charge in [0.05, 0.1) is 7.11 Å². The molecule has 3 rings (SSSR count). The number of methoxy groups -OCH3 is 1. The predicted molar refractivity (Wildman–Crippen MR) is 116 cm³/mol. The van der Waals surface area contributed by atoms with Crippen LogP contribution in [0.15, 0.2) is 60.7 Å². The van der Waals surface area contributed by atoms with Gasteiger partial charge >= 0.3 is 0 Å². The fourth-order valence-electron chi connectivity index (χ4n) is 3.81. The number of rotatable bonds is 9. The van der Waals surface area contributed by atoms with Crippen molar-refractivity contribution < 1.29 is 9.84 Å². The summed E-state index contributed by atoms with van der Waals surface area (Å²) < 4.78 is 5.20. The second kappa shape index (κ2) is 11.0. The highest BCUT2D eigenvalue weighted by molar-refractivity contribution is 5.50. The largest absolute Gasteiger partial charge is 0.497 e. The molecule has 0 spiro atoms. The maximum Gasteiger partial charge on any atom is 0.118 e. The van der Waals surface area contributed by atoms with Crippen LogP contribution >= 0.6 is 0 Å². The molecule has 1 N–H and O–H groups in total. The normalized spacial score (nSPS) is 18.6. The van der Waals surface area contributed by atoms with Gasteiger partial charge in [-0.25, -0.2) is 0 Å². The summed E-state index contributed by atoms with van der Waals surface area (Å²) in [5.41, 5.74) is 2.57. The van der Waals surface area contributed by atoms with Crippen molar-refractivity contribution in [3.63, 3.8) is 0 Å². The zero-order chi connectivity index (χ0) is 19.6. The third-order valence-electron chi connectivity index (χ3n) is 5.47. The van der Waals surface area contributed by atoms with Crippen LogP contribution in [0.5, 0.6) is 5.75 Å². The molecule has 0 saturated carbocycles. The number of benzene rings is 2. The van der Waals surface area contributed by atoms with Crippen molar-refractivity contribution in [1.29, 1.82) is 0 Å². The van der Waals surface area contributed by atoms with Gasteiger partial charge in [-0.2, -0.15) is 0 Å². The van der Waals surface area contributed by atoms with E-state index in [1.165, 1.54) is 11.1 Å². The van der Waals surface area contributed by atoms with Crippen LogP contribution in [-0.2, 0) is 6.42 Å². The molecule has 150 valence electrons. The molecule has 4 heteroatoms. The molecule has 0 amide bonds. The van der Waals surface area contributed by atoms with E-state index in [2.05, 4.69) is 64.4 Å². The number of hydrogen-bond acceptors (Lipinski definition) is 4. The van der Waals surface area contributed by atoms with Crippen molar-refractivity contribution in [3.05, 3.63) is 71.8 Å². The molecule has 0 aliphatic carbocycles. The second-order valence-electron chi connectivity index (χ2n) is 7.37. The summed E-state index contributed by atoms with van der Waals surface area (Å²) in [6, 6.07) is 19.2. The van der Waals surface area contributed by atoms with Crippen molar-refractivity contribution in [3.8, 4) is 5.75 Å². The minimum absolute atomic E-state index is 0.252. The van der Waals surface area contributed by atoms with E-state index in [4.69, 9.17) is 4.74 Å². The standard InChI is InChI=1S/C24H32N2O2/c1-28-24-11-9-22(10-12-24)8-5-15-25-17-18-26(23(20-25)14-19-27)16-13-21-6-3-2-4-7-21/h2-12,23,27H,13-20H2,1H3/b8-5+. The number of ether oxygens (including phenoxy) is 1. The van der Waals surface area contributed by atoms with Gasteiger partial charge in [0.25, 0.3) is 0 Å². The lowest BCUT2D eigenvalue weighted by molar-refractivity contribution is 0.0662. The number of aliphatic hydroxyl groups excluding tert-OH is 1. The first-order chi connectivity index (χ1) is 13.8. The summed E-state index contributed by atoms with van der Waals surface area (Å²) in [4.78, 5) is 5.03. The molecular weight excluding hydrogens is 348 g/mol. The maximum atomic E-state index is 9.51. The van der Waals surface area contributed by atoms with E-state index in [0.29, 0.717) is 6.04 Å². The van der Waals surface area contributed by atoms with Crippen molar-refractivity contribution in [2.75, 3.05) is 46.4 Å². The Bertz CT molecular complexity index is 715. The van der Waals surface area contributed by atoms with Crippen molar-refractivity contribution >= 4 is 6.08 Å². The summed E-state index contributed by atoms with van der Waals surface area (Å²) in [6.45, 7) is 5.41. The molecule has 2 aromatic carbocycles. The van der Waals surface area contributed by atoms with E-state index in [0.717, 1.165) is 51.3 Å². The van der Waals surface area contributed by atoms with E-state index in [-0.39, 0.29) is 6.61 Å². The number of hydrogen-bond donors (Lipinski definition) is 1. The van der Waals surface area contributed by atoms with E-state index in [9.17, 15) is 5.11 Å². The van der Waals surface area contributed by atoms with E-state index in [1.54, 1.807) is 7.11 Å². The first-order valence-corrected chi connectivity index (χ1v) is 10.2. The third kappa shape index (κ3) is 6.20. The van der Waals surface area contributed by atoms with Gasteiger partial charge in [-0.1, -0.05) is 54.6 Å². The predicted octanol–water partition coefficient (Wildman–Crippen LogP) is 3.32. The van der Waals surface area contributed by atoms with E-state index >= 15 is 0 Å². The average Bonchev–Trinajstić information content (AvgIpc) is 2.75. The SMILES string of the molecule is COc1ccc(/C=C/CN2CCN(CCc3ccccc3)C(CCO)C2)cc1. The van der Waals surface area contributed by atoms with Crippen LogP contribution < -0.4 is 4.74 Å². The van der Waals surface area contributed by atoms with Crippen LogP contribution in [-0.4, -0.2) is 67.4 Å². The molecule has 1 aliphatic heterocycles. The van der Waals surface area contributed by atoms with Gasteiger partial charge in [0.1, 0.15) is 5.75 Å². The van der Waals surface area contributed by atoms with Crippen LogP contribution in [0.2, 0.25) is 0 Å². The van der Waals surface area contributed by atoms with E-state index < -0.39 is 0 Å². The summed E-state index contributed by atoms with van der Waals surface area (Å²) in [7, 11) is 1.69. The maximum absolute atomic E-state index is 9.51. The Labute approximate surface area is 169 Å². The highest BCUT2D eigenvalue weighted by atomic mass is 16.5. The zero-order valence-corrected chi connectivity index (χ0v) is 16.8. The Morgan fingerprint density at radius 3 is 2.57 bits per heavy atom. The monoisotopic (exact) mass is 380 g/mol. The molecule has 1 heterocycles. The fraction of sp³-hybridized carbons (Fsp3) is 0.417. The van der Waals surface area contributed by atoms with Crippen LogP contribution in [0.4, 0.5) is 0 Å². The molecule has 0 bridgehead atoms. The van der Waals surface area contributed by atoms with Gasteiger partial charge < -0.3 is 9.84 Å². The summed E-state index contributed by atoms with van der Waals surface area (Å²) in [5, 5.41) is 9.51. The molecule has 0 aromatic heterocycles. The van der Waals surface area contributed by atoms with Gasteiger partial charge in [-0.3, -0.25) is 9.80 Å². The van der Waals surface area contributed by atoms with Crippen LogP contribution in [0.25, 0.3) is 6.08 Å². The Kier molecular flexibility index (Phi) is 8.09. The molecule has 1 aliphatic rings. The van der Waals surface area contributed by atoms with Crippen LogP contribution in [0.1, 0.15) is 17.5 Å². The number of nitrogens with zero attached hydrogens (tertiary/aromatic N) is 2. The van der Waals surface area contributed by atoms with Crippen molar-refractivity contribution in [2.45, 2.75) is 18.9 Å². The summed E-state index contributed by atoms with van der Waals surface area (Å²) >= 11 is 0. The molecular formula is C24H32N2O2. The quantitative estimate of drug-likeness (QED) is 0.724. The lowest BCUT2D eigenvalue weighted by Crippen LogP contribution is -2.53. The van der Waals surface area contributed by atoms with Crippen molar-refractivity contribution in [2.24, 2.45) is 0 Å². The molecule has 0 radical (unpaired) electrons. The number of aliphatic hydroxyl groups is 1. The van der Waals surface area contributed by atoms with E-state index in [1.807, 2.05) is 12.1 Å². The third-order valence-corrected chi connectivity index (χ3v) is 5.47. The molecule has 1 atom stereocenters. The topological polar surface area (TPSA) is 35.9 Å². The average molecular weight is 381 g/mol. The summed E-state index contributed by atoms with van der Waals surface area (Å²) in [5.74, 6) is 0.885. The van der Waals surface area contributed by atoms with Gasteiger partial charge in [-0.05, 0) is 36.1 Å². The first kappa shape index (κ1) is 20.6. The van der Waals surface area contributed by atoms with Gasteiger partial charge in [0.2, 0.25) is 0 Å². The first-order valence-electron chi connectivity index (χ1n) is 10.2. The minimum Gasteiger partial charge on any atom is -0.497 e. The smallest absolute Gasteiger partial charge is 0.118 e. The minimum atomic E-state index is 0.252. The molecule has 2 aromatic rings. The summed E-state index contributed by atoms with van der Waals surface area (Å²) in [6.07, 6.45) is 6.31. The molecule has 1 saturated heterocycles. The fourth-order valence-corrected chi connectivity index (χ4v) is 3.81. The lowest BCUT2D eigenvalue weighted by Gasteiger charge is -2.41. The molecule has 28 heavy (non-hydrogen) atoms. The Morgan fingerprint density at radius 2 is 1.86 bits per heavy atom. The Morgan fingerprint density at radius 1 is 1.07 bits per heavy atom. The van der Waals surface area contributed by atoms with Gasteiger partial charge in [0.15, 0.2) is 0 Å². The Balaban J connectivity index is 1.49. The van der Waals surface area contributed by atoms with Crippen LogP contribution in [0, 0.1) is 0 Å². The highest BCUT2D eigenvalue weighted by Gasteiger charge is 2.25. The lowest BCUT2D eigenvalue weighted by atomic mass is 10.1. The van der Waals surface area contributed by atoms with Crippen molar-refractivity contribution in [1.82, 2.24) is 9.80 Å². The molecule has 1 unspecified atom stereocenters. The second-order valence-corrected chi connectivity index (χ2v) is 7.37.